The van der Waals surface area contributed by atoms with Crippen molar-refractivity contribution in [1.29, 1.82) is 0 Å². The quantitative estimate of drug-likeness (QED) is 0.761. The maximum absolute atomic E-state index is 12.5. The Hall–Kier alpha value is -1.87. The Labute approximate surface area is 117 Å². The lowest BCUT2D eigenvalue weighted by molar-refractivity contribution is -0.114. The number of carbonyl (C=O) groups is 1. The monoisotopic (exact) mass is 269 g/mol. The number of nitrogens with zero attached hydrogens (tertiary/aromatic N) is 1. The van der Waals surface area contributed by atoms with E-state index in [1.165, 1.54) is 5.56 Å². The molecule has 0 radical (unpaired) electrons. The summed E-state index contributed by atoms with van der Waals surface area (Å²) in [6, 6.07) is 12.2. The van der Waals surface area contributed by atoms with E-state index in [1.54, 1.807) is 11.3 Å². The Morgan fingerprint density at radius 1 is 1.26 bits per heavy atom. The molecule has 0 spiro atoms. The SMILES string of the molecule is C/C(=C\c1cccs1)C(=O)N1CCc2ccccc21. The third kappa shape index (κ3) is 2.34. The van der Waals surface area contributed by atoms with Gasteiger partial charge in [-0.15, -0.1) is 11.3 Å². The lowest BCUT2D eigenvalue weighted by Crippen LogP contribution is -2.29. The largest absolute Gasteiger partial charge is 0.308 e. The highest BCUT2D eigenvalue weighted by atomic mass is 32.1. The molecule has 0 N–H and O–H groups in total. The number of hydrogen-bond donors (Lipinski definition) is 0. The van der Waals surface area contributed by atoms with Crippen molar-refractivity contribution in [1.82, 2.24) is 0 Å². The molecule has 19 heavy (non-hydrogen) atoms. The Balaban J connectivity index is 1.86. The number of benzene rings is 1. The second-order valence-electron chi connectivity index (χ2n) is 4.68. The normalized spacial score (nSPS) is 14.6. The van der Waals surface area contributed by atoms with Crippen LogP contribution in [0.5, 0.6) is 0 Å². The van der Waals surface area contributed by atoms with Gasteiger partial charge in [0.05, 0.1) is 0 Å². The number of fused-ring (bicyclic) bond motifs is 1. The summed E-state index contributed by atoms with van der Waals surface area (Å²) in [7, 11) is 0. The number of amides is 1. The Morgan fingerprint density at radius 3 is 2.89 bits per heavy atom. The van der Waals surface area contributed by atoms with Crippen LogP contribution >= 0.6 is 11.3 Å². The van der Waals surface area contributed by atoms with Crippen molar-refractivity contribution in [3.63, 3.8) is 0 Å². The van der Waals surface area contributed by atoms with Crippen LogP contribution in [0.4, 0.5) is 5.69 Å². The minimum atomic E-state index is 0.110. The van der Waals surface area contributed by atoms with Crippen LogP contribution < -0.4 is 4.90 Å². The molecule has 1 aromatic carbocycles. The number of carbonyl (C=O) groups excluding carboxylic acids is 1. The molecule has 2 heterocycles. The molecule has 3 heteroatoms. The first-order valence-corrected chi connectivity index (χ1v) is 7.25. The molecule has 1 amide bonds. The van der Waals surface area contributed by atoms with E-state index in [0.717, 1.165) is 29.1 Å². The molecule has 0 bridgehead atoms. The second kappa shape index (κ2) is 5.02. The molecule has 1 aliphatic rings. The molecule has 1 aliphatic heterocycles. The average molecular weight is 269 g/mol. The highest BCUT2D eigenvalue weighted by molar-refractivity contribution is 7.10. The molecule has 0 aliphatic carbocycles. The van der Waals surface area contributed by atoms with Gasteiger partial charge in [-0.1, -0.05) is 24.3 Å². The average Bonchev–Trinajstić information content (AvgIpc) is 3.06. The molecule has 0 atom stereocenters. The molecule has 2 nitrogen and oxygen atoms in total. The van der Waals surface area contributed by atoms with E-state index in [0.29, 0.717) is 0 Å². The highest BCUT2D eigenvalue weighted by Gasteiger charge is 2.24. The Morgan fingerprint density at radius 2 is 2.11 bits per heavy atom. The standard InChI is InChI=1S/C16H15NOS/c1-12(11-14-6-4-10-19-14)16(18)17-9-8-13-5-2-3-7-15(13)17/h2-7,10-11H,8-9H2,1H3/b12-11+. The summed E-state index contributed by atoms with van der Waals surface area (Å²) in [6.07, 6.45) is 2.92. The van der Waals surface area contributed by atoms with Gasteiger partial charge in [0.1, 0.15) is 0 Å². The van der Waals surface area contributed by atoms with Crippen molar-refractivity contribution in [3.05, 3.63) is 57.8 Å². The summed E-state index contributed by atoms with van der Waals surface area (Å²) in [6.45, 7) is 2.68. The van der Waals surface area contributed by atoms with Crippen LogP contribution in [0.2, 0.25) is 0 Å². The van der Waals surface area contributed by atoms with E-state index < -0.39 is 0 Å². The minimum absolute atomic E-state index is 0.110. The van der Waals surface area contributed by atoms with Crippen LogP contribution in [-0.4, -0.2) is 12.5 Å². The van der Waals surface area contributed by atoms with Gasteiger partial charge in [0.2, 0.25) is 0 Å². The predicted octanol–water partition coefficient (Wildman–Crippen LogP) is 3.74. The highest BCUT2D eigenvalue weighted by Crippen LogP contribution is 2.29. The van der Waals surface area contributed by atoms with E-state index in [9.17, 15) is 4.79 Å². The maximum atomic E-state index is 12.5. The van der Waals surface area contributed by atoms with Gasteiger partial charge in [-0.2, -0.15) is 0 Å². The third-order valence-corrected chi connectivity index (χ3v) is 4.19. The van der Waals surface area contributed by atoms with Crippen LogP contribution in [0.3, 0.4) is 0 Å². The fourth-order valence-corrected chi connectivity index (χ4v) is 3.13. The van der Waals surface area contributed by atoms with Crippen LogP contribution in [0.1, 0.15) is 17.4 Å². The van der Waals surface area contributed by atoms with Gasteiger partial charge in [-0.3, -0.25) is 4.79 Å². The van der Waals surface area contributed by atoms with E-state index in [2.05, 4.69) is 6.07 Å². The molecule has 0 saturated heterocycles. The molecule has 1 aromatic heterocycles. The van der Waals surface area contributed by atoms with Crippen molar-refractivity contribution in [3.8, 4) is 0 Å². The molecule has 96 valence electrons. The molecule has 2 aromatic rings. The van der Waals surface area contributed by atoms with Crippen LogP contribution in [0.25, 0.3) is 6.08 Å². The summed E-state index contributed by atoms with van der Waals surface area (Å²) in [5.41, 5.74) is 3.12. The molecule has 0 saturated carbocycles. The van der Waals surface area contributed by atoms with Crippen molar-refractivity contribution < 1.29 is 4.79 Å². The fourth-order valence-electron chi connectivity index (χ4n) is 2.41. The van der Waals surface area contributed by atoms with E-state index >= 15 is 0 Å². The minimum Gasteiger partial charge on any atom is -0.308 e. The molecular formula is C16H15NOS. The van der Waals surface area contributed by atoms with Gasteiger partial charge >= 0.3 is 0 Å². The Bertz CT molecular complexity index is 628. The van der Waals surface area contributed by atoms with Gasteiger partial charge in [0.25, 0.3) is 5.91 Å². The first kappa shape index (κ1) is 12.2. The van der Waals surface area contributed by atoms with Gasteiger partial charge in [0, 0.05) is 22.7 Å². The van der Waals surface area contributed by atoms with Crippen LogP contribution in [0.15, 0.2) is 47.4 Å². The Kier molecular flexibility index (Phi) is 3.22. The van der Waals surface area contributed by atoms with Gasteiger partial charge < -0.3 is 4.90 Å². The summed E-state index contributed by atoms with van der Waals surface area (Å²) in [4.78, 5) is 15.5. The molecule has 3 rings (SSSR count). The smallest absolute Gasteiger partial charge is 0.253 e. The van der Waals surface area contributed by atoms with Crippen molar-refractivity contribution in [2.75, 3.05) is 11.4 Å². The zero-order valence-electron chi connectivity index (χ0n) is 10.8. The predicted molar refractivity (Wildman–Crippen MR) is 80.5 cm³/mol. The number of hydrogen-bond acceptors (Lipinski definition) is 2. The first-order valence-electron chi connectivity index (χ1n) is 6.37. The van der Waals surface area contributed by atoms with Crippen molar-refractivity contribution in [2.24, 2.45) is 0 Å². The third-order valence-electron chi connectivity index (χ3n) is 3.37. The summed E-state index contributed by atoms with van der Waals surface area (Å²) < 4.78 is 0. The fraction of sp³-hybridized carbons (Fsp3) is 0.188. The first-order chi connectivity index (χ1) is 9.25. The summed E-state index contributed by atoms with van der Waals surface area (Å²) in [5, 5.41) is 2.02. The lowest BCUT2D eigenvalue weighted by atomic mass is 10.2. The van der Waals surface area contributed by atoms with Crippen LogP contribution in [0, 0.1) is 0 Å². The van der Waals surface area contributed by atoms with E-state index in [1.807, 2.05) is 53.6 Å². The van der Waals surface area contributed by atoms with Crippen LogP contribution in [-0.2, 0) is 11.2 Å². The molecule has 0 fully saturated rings. The maximum Gasteiger partial charge on any atom is 0.253 e. The number of para-hydroxylation sites is 1. The second-order valence-corrected chi connectivity index (χ2v) is 5.66. The summed E-state index contributed by atoms with van der Waals surface area (Å²) in [5.74, 6) is 0.110. The number of thiophene rings is 1. The molecular weight excluding hydrogens is 254 g/mol. The van der Waals surface area contributed by atoms with Gasteiger partial charge in [-0.25, -0.2) is 0 Å². The van der Waals surface area contributed by atoms with Crippen molar-refractivity contribution >= 4 is 29.0 Å². The van der Waals surface area contributed by atoms with Gasteiger partial charge in [-0.05, 0) is 42.5 Å². The van der Waals surface area contributed by atoms with E-state index in [-0.39, 0.29) is 5.91 Å². The molecule has 0 unspecified atom stereocenters. The van der Waals surface area contributed by atoms with E-state index in [4.69, 9.17) is 0 Å². The number of rotatable bonds is 2. The summed E-state index contributed by atoms with van der Waals surface area (Å²) >= 11 is 1.65. The zero-order chi connectivity index (χ0) is 13.2. The van der Waals surface area contributed by atoms with Gasteiger partial charge in [0.15, 0.2) is 0 Å². The topological polar surface area (TPSA) is 20.3 Å². The number of anilines is 1. The van der Waals surface area contributed by atoms with Crippen molar-refractivity contribution in [2.45, 2.75) is 13.3 Å². The lowest BCUT2D eigenvalue weighted by Gasteiger charge is -2.17. The zero-order valence-corrected chi connectivity index (χ0v) is 11.6.